The van der Waals surface area contributed by atoms with Gasteiger partial charge in [0.25, 0.3) is 5.91 Å². The van der Waals surface area contributed by atoms with Crippen LogP contribution < -0.4 is 4.90 Å². The summed E-state index contributed by atoms with van der Waals surface area (Å²) in [6.07, 6.45) is 6.64. The second kappa shape index (κ2) is 6.66. The van der Waals surface area contributed by atoms with Gasteiger partial charge in [-0.25, -0.2) is 9.67 Å². The van der Waals surface area contributed by atoms with Gasteiger partial charge in [0.15, 0.2) is 0 Å². The van der Waals surface area contributed by atoms with Gasteiger partial charge in [-0.15, -0.1) is 0 Å². The van der Waals surface area contributed by atoms with Crippen LogP contribution in [0.2, 0.25) is 0 Å². The molecule has 2 aromatic rings. The van der Waals surface area contributed by atoms with Gasteiger partial charge in [-0.3, -0.25) is 9.59 Å². The number of anilines is 1. The minimum atomic E-state index is 0.0123. The van der Waals surface area contributed by atoms with E-state index in [0.717, 1.165) is 38.0 Å². The minimum Gasteiger partial charge on any atom is -0.336 e. The Kier molecular flexibility index (Phi) is 4.21. The Morgan fingerprint density at radius 1 is 1.20 bits per heavy atom. The highest BCUT2D eigenvalue weighted by Gasteiger charge is 2.27. The van der Waals surface area contributed by atoms with E-state index in [1.807, 2.05) is 33.8 Å². The van der Waals surface area contributed by atoms with Crippen molar-refractivity contribution in [2.24, 2.45) is 0 Å². The van der Waals surface area contributed by atoms with Gasteiger partial charge in [0.1, 0.15) is 12.7 Å². The number of benzene rings is 1. The van der Waals surface area contributed by atoms with E-state index in [4.69, 9.17) is 0 Å². The van der Waals surface area contributed by atoms with E-state index >= 15 is 0 Å². The highest BCUT2D eigenvalue weighted by molar-refractivity contribution is 5.99. The lowest BCUT2D eigenvalue weighted by molar-refractivity contribution is -0.117. The fourth-order valence-corrected chi connectivity index (χ4v) is 3.67. The van der Waals surface area contributed by atoms with Crippen molar-refractivity contribution in [3.05, 3.63) is 42.5 Å². The number of carbonyl (C=O) groups is 2. The molecule has 7 nitrogen and oxygen atoms in total. The molecule has 25 heavy (non-hydrogen) atoms. The van der Waals surface area contributed by atoms with Crippen LogP contribution in [-0.4, -0.2) is 51.1 Å². The lowest BCUT2D eigenvalue weighted by Crippen LogP contribution is -2.41. The molecule has 0 N–H and O–H groups in total. The Balaban J connectivity index is 1.51. The quantitative estimate of drug-likeness (QED) is 0.856. The molecule has 0 aliphatic carbocycles. The van der Waals surface area contributed by atoms with Crippen molar-refractivity contribution in [1.29, 1.82) is 0 Å². The second-order valence-corrected chi connectivity index (χ2v) is 6.62. The third-order valence-electron chi connectivity index (χ3n) is 4.97. The molecule has 7 heteroatoms. The van der Waals surface area contributed by atoms with Crippen molar-refractivity contribution in [3.8, 4) is 0 Å². The molecule has 1 aromatic carbocycles. The van der Waals surface area contributed by atoms with Crippen molar-refractivity contribution >= 4 is 17.5 Å². The predicted molar refractivity (Wildman–Crippen MR) is 92.2 cm³/mol. The maximum Gasteiger partial charge on any atom is 0.254 e. The summed E-state index contributed by atoms with van der Waals surface area (Å²) in [4.78, 5) is 32.5. The van der Waals surface area contributed by atoms with Gasteiger partial charge in [0, 0.05) is 37.3 Å². The maximum absolute atomic E-state index is 12.9. The first-order valence-corrected chi connectivity index (χ1v) is 8.76. The van der Waals surface area contributed by atoms with Gasteiger partial charge in [0.05, 0.1) is 6.04 Å². The van der Waals surface area contributed by atoms with Crippen LogP contribution in [0.25, 0.3) is 0 Å². The number of aromatic nitrogens is 3. The number of likely N-dealkylation sites (tertiary alicyclic amines) is 1. The highest BCUT2D eigenvalue weighted by Crippen LogP contribution is 2.25. The zero-order valence-electron chi connectivity index (χ0n) is 14.0. The van der Waals surface area contributed by atoms with Crippen molar-refractivity contribution in [2.45, 2.75) is 31.7 Å². The fourth-order valence-electron chi connectivity index (χ4n) is 3.67. The van der Waals surface area contributed by atoms with Gasteiger partial charge in [-0.2, -0.15) is 5.10 Å². The Morgan fingerprint density at radius 3 is 2.88 bits per heavy atom. The first-order valence-electron chi connectivity index (χ1n) is 8.76. The van der Waals surface area contributed by atoms with Crippen molar-refractivity contribution < 1.29 is 9.59 Å². The predicted octanol–water partition coefficient (Wildman–Crippen LogP) is 1.88. The second-order valence-electron chi connectivity index (χ2n) is 6.62. The third kappa shape index (κ3) is 3.14. The van der Waals surface area contributed by atoms with Gasteiger partial charge in [-0.1, -0.05) is 6.07 Å². The fraction of sp³-hybridized carbons (Fsp3) is 0.444. The maximum atomic E-state index is 12.9. The first-order chi connectivity index (χ1) is 12.2. The third-order valence-corrected chi connectivity index (χ3v) is 4.97. The van der Waals surface area contributed by atoms with E-state index in [0.29, 0.717) is 18.5 Å². The Hall–Kier alpha value is -2.70. The summed E-state index contributed by atoms with van der Waals surface area (Å²) in [6, 6.07) is 7.58. The van der Waals surface area contributed by atoms with E-state index in [9.17, 15) is 9.59 Å². The summed E-state index contributed by atoms with van der Waals surface area (Å²) in [6.45, 7) is 2.11. The molecular weight excluding hydrogens is 318 g/mol. The largest absolute Gasteiger partial charge is 0.336 e. The number of amides is 2. The molecule has 130 valence electrons. The molecule has 0 spiro atoms. The number of nitrogens with zero attached hydrogens (tertiary/aromatic N) is 5. The average Bonchev–Trinajstić information content (AvgIpc) is 3.33. The number of carbonyl (C=O) groups excluding carboxylic acids is 2. The lowest BCUT2D eigenvalue weighted by atomic mass is 10.0. The summed E-state index contributed by atoms with van der Waals surface area (Å²) in [7, 11) is 0. The summed E-state index contributed by atoms with van der Waals surface area (Å²) in [5, 5.41) is 4.20. The van der Waals surface area contributed by atoms with E-state index in [1.54, 1.807) is 11.2 Å². The smallest absolute Gasteiger partial charge is 0.254 e. The molecule has 0 unspecified atom stereocenters. The molecular formula is C18H21N5O2. The summed E-state index contributed by atoms with van der Waals surface area (Å²) < 4.78 is 1.83. The summed E-state index contributed by atoms with van der Waals surface area (Å²) in [5.41, 5.74) is 1.45. The van der Waals surface area contributed by atoms with Crippen molar-refractivity contribution in [1.82, 2.24) is 19.7 Å². The van der Waals surface area contributed by atoms with E-state index in [-0.39, 0.29) is 17.9 Å². The molecule has 1 atom stereocenters. The Bertz CT molecular complexity index is 774. The molecule has 3 heterocycles. The highest BCUT2D eigenvalue weighted by atomic mass is 16.2. The summed E-state index contributed by atoms with van der Waals surface area (Å²) in [5.74, 6) is 0.145. The van der Waals surface area contributed by atoms with Gasteiger partial charge in [-0.05, 0) is 37.5 Å². The standard InChI is InChI=1S/C18H21N5O2/c24-17-7-3-9-22(17)15-5-1-4-14(10-15)18(25)21-8-2-6-16(11-21)23-13-19-12-20-23/h1,4-5,10,12-13,16H,2-3,6-9,11H2/t16-/m0/s1. The lowest BCUT2D eigenvalue weighted by Gasteiger charge is -2.32. The zero-order chi connectivity index (χ0) is 17.2. The van der Waals surface area contributed by atoms with Crippen LogP contribution in [0.4, 0.5) is 5.69 Å². The van der Waals surface area contributed by atoms with Gasteiger partial charge >= 0.3 is 0 Å². The Morgan fingerprint density at radius 2 is 2.12 bits per heavy atom. The van der Waals surface area contributed by atoms with Crippen LogP contribution in [0.5, 0.6) is 0 Å². The molecule has 2 aliphatic heterocycles. The van der Waals surface area contributed by atoms with Crippen LogP contribution in [0.1, 0.15) is 42.1 Å². The molecule has 1 aromatic heterocycles. The molecule has 2 amide bonds. The number of hydrogen-bond acceptors (Lipinski definition) is 4. The molecule has 4 rings (SSSR count). The van der Waals surface area contributed by atoms with Crippen LogP contribution in [0.3, 0.4) is 0 Å². The van der Waals surface area contributed by atoms with Crippen LogP contribution >= 0.6 is 0 Å². The molecule has 2 aliphatic rings. The molecule has 0 saturated carbocycles. The number of hydrogen-bond donors (Lipinski definition) is 0. The van der Waals surface area contributed by atoms with Gasteiger partial charge in [0.2, 0.25) is 5.91 Å². The normalized spacial score (nSPS) is 21.0. The van der Waals surface area contributed by atoms with E-state index in [2.05, 4.69) is 10.1 Å². The Labute approximate surface area is 146 Å². The van der Waals surface area contributed by atoms with Crippen LogP contribution in [0.15, 0.2) is 36.9 Å². The van der Waals surface area contributed by atoms with E-state index < -0.39 is 0 Å². The minimum absolute atomic E-state index is 0.0123. The number of rotatable bonds is 3. The van der Waals surface area contributed by atoms with Crippen LogP contribution in [0, 0.1) is 0 Å². The monoisotopic (exact) mass is 339 g/mol. The zero-order valence-corrected chi connectivity index (χ0v) is 14.0. The molecule has 2 fully saturated rings. The van der Waals surface area contributed by atoms with Gasteiger partial charge < -0.3 is 9.80 Å². The van der Waals surface area contributed by atoms with Crippen molar-refractivity contribution in [3.63, 3.8) is 0 Å². The first kappa shape index (κ1) is 15.8. The molecule has 2 saturated heterocycles. The molecule has 0 radical (unpaired) electrons. The molecule has 0 bridgehead atoms. The SMILES string of the molecule is O=C(c1cccc(N2CCCC2=O)c1)N1CCC[C@H](n2cncn2)C1. The van der Waals surface area contributed by atoms with E-state index in [1.165, 1.54) is 6.33 Å². The number of piperidine rings is 1. The summed E-state index contributed by atoms with van der Waals surface area (Å²) >= 11 is 0. The topological polar surface area (TPSA) is 71.3 Å². The van der Waals surface area contributed by atoms with Crippen molar-refractivity contribution in [2.75, 3.05) is 24.5 Å². The average molecular weight is 339 g/mol. The van der Waals surface area contributed by atoms with Crippen LogP contribution in [-0.2, 0) is 4.79 Å².